The number of fused-ring (bicyclic) bond motifs is 1. The first-order valence-corrected chi connectivity index (χ1v) is 9.88. The molecule has 0 spiro atoms. The van der Waals surface area contributed by atoms with Crippen molar-refractivity contribution < 1.29 is 9.18 Å². The molecule has 0 fully saturated rings. The Labute approximate surface area is 172 Å². The van der Waals surface area contributed by atoms with Gasteiger partial charge in [0.2, 0.25) is 0 Å². The molecule has 0 bridgehead atoms. The van der Waals surface area contributed by atoms with Gasteiger partial charge >= 0.3 is 0 Å². The number of aromatic nitrogens is 1. The number of para-hydroxylation sites is 1. The van der Waals surface area contributed by atoms with Crippen LogP contribution in [0.3, 0.4) is 0 Å². The van der Waals surface area contributed by atoms with Crippen molar-refractivity contribution in [2.24, 2.45) is 5.73 Å². The molecule has 2 aliphatic rings. The third kappa shape index (κ3) is 2.63. The van der Waals surface area contributed by atoms with Gasteiger partial charge in [0.05, 0.1) is 23.2 Å². The third-order valence-corrected chi connectivity index (χ3v) is 5.92. The maximum atomic E-state index is 14.7. The normalized spacial score (nSPS) is 19.3. The van der Waals surface area contributed by atoms with Gasteiger partial charge in [-0.15, -0.1) is 0 Å². The highest BCUT2D eigenvalue weighted by atomic mass is 19.1. The Morgan fingerprint density at radius 2 is 2.00 bits per heavy atom. The fraction of sp³-hybridized carbons (Fsp3) is 0.167. The molecule has 1 atom stereocenters. The second kappa shape index (κ2) is 6.89. The summed E-state index contributed by atoms with van der Waals surface area (Å²) in [6, 6.07) is 16.3. The number of carbonyl (C=O) groups is 1. The van der Waals surface area contributed by atoms with Crippen LogP contribution in [0.4, 0.5) is 10.1 Å². The van der Waals surface area contributed by atoms with E-state index in [4.69, 9.17) is 5.73 Å². The number of rotatable bonds is 2. The lowest BCUT2D eigenvalue weighted by atomic mass is 9.75. The van der Waals surface area contributed by atoms with Gasteiger partial charge in [0.1, 0.15) is 11.6 Å². The highest BCUT2D eigenvalue weighted by Gasteiger charge is 2.40. The molecule has 3 aromatic rings. The number of halogens is 1. The number of benzene rings is 2. The van der Waals surface area contributed by atoms with Gasteiger partial charge in [-0.1, -0.05) is 18.2 Å². The standard InChI is InChI=1S/C24H19FN4O/c25-17-4-1-2-5-19(17)29-20-6-3-7-21(30)23(20)22(16(13-26)24(29)27)15-8-9-18-14(12-15)10-11-28-18/h1-2,4-5,8-12,22,28H,3,6-7,27H2/t22-/m0/s1. The Kier molecular flexibility index (Phi) is 4.18. The molecular weight excluding hydrogens is 379 g/mol. The largest absolute Gasteiger partial charge is 0.384 e. The van der Waals surface area contributed by atoms with E-state index in [2.05, 4.69) is 11.1 Å². The molecule has 1 aromatic heterocycles. The Morgan fingerprint density at radius 3 is 2.80 bits per heavy atom. The van der Waals surface area contributed by atoms with Crippen molar-refractivity contribution in [3.05, 3.63) is 88.8 Å². The van der Waals surface area contributed by atoms with E-state index in [-0.39, 0.29) is 22.9 Å². The number of aromatic amines is 1. The van der Waals surface area contributed by atoms with Crippen molar-refractivity contribution in [3.63, 3.8) is 0 Å². The summed E-state index contributed by atoms with van der Waals surface area (Å²) in [6.07, 6.45) is 3.52. The summed E-state index contributed by atoms with van der Waals surface area (Å²) in [5.74, 6) is -0.845. The van der Waals surface area contributed by atoms with E-state index in [0.29, 0.717) is 30.5 Å². The van der Waals surface area contributed by atoms with Crippen molar-refractivity contribution in [2.45, 2.75) is 25.2 Å². The number of hydrogen-bond acceptors (Lipinski definition) is 4. The molecule has 1 aliphatic carbocycles. The zero-order chi connectivity index (χ0) is 20.8. The summed E-state index contributed by atoms with van der Waals surface area (Å²) in [5.41, 5.74) is 10.0. The molecular formula is C24H19FN4O. The van der Waals surface area contributed by atoms with Crippen LogP contribution in [0.5, 0.6) is 0 Å². The van der Waals surface area contributed by atoms with Crippen LogP contribution in [0.15, 0.2) is 77.4 Å². The number of nitriles is 1. The zero-order valence-electron chi connectivity index (χ0n) is 16.2. The molecule has 5 rings (SSSR count). The maximum Gasteiger partial charge on any atom is 0.161 e. The van der Waals surface area contributed by atoms with Crippen LogP contribution in [0, 0.1) is 17.1 Å². The smallest absolute Gasteiger partial charge is 0.161 e. The van der Waals surface area contributed by atoms with Gasteiger partial charge in [-0.05, 0) is 54.1 Å². The Balaban J connectivity index is 1.77. The van der Waals surface area contributed by atoms with Crippen LogP contribution in [0.25, 0.3) is 10.9 Å². The van der Waals surface area contributed by atoms with E-state index in [0.717, 1.165) is 16.5 Å². The molecule has 6 heteroatoms. The van der Waals surface area contributed by atoms with Gasteiger partial charge in [0.15, 0.2) is 5.78 Å². The van der Waals surface area contributed by atoms with E-state index in [1.54, 1.807) is 23.1 Å². The van der Waals surface area contributed by atoms with Crippen molar-refractivity contribution in [1.82, 2.24) is 4.98 Å². The number of allylic oxidation sites excluding steroid dienone is 3. The summed E-state index contributed by atoms with van der Waals surface area (Å²) in [4.78, 5) is 17.8. The topological polar surface area (TPSA) is 85.9 Å². The van der Waals surface area contributed by atoms with E-state index in [1.807, 2.05) is 30.5 Å². The van der Waals surface area contributed by atoms with Crippen LogP contribution >= 0.6 is 0 Å². The molecule has 148 valence electrons. The lowest BCUT2D eigenvalue weighted by Crippen LogP contribution is -2.39. The van der Waals surface area contributed by atoms with Crippen molar-refractivity contribution >= 4 is 22.4 Å². The highest BCUT2D eigenvalue weighted by Crippen LogP contribution is 2.46. The van der Waals surface area contributed by atoms with Gasteiger partial charge in [0, 0.05) is 29.4 Å². The minimum atomic E-state index is -0.555. The van der Waals surface area contributed by atoms with Crippen LogP contribution in [-0.2, 0) is 4.79 Å². The molecule has 2 aromatic carbocycles. The minimum absolute atomic E-state index is 0.0167. The Hall–Kier alpha value is -3.85. The zero-order valence-corrected chi connectivity index (χ0v) is 16.2. The predicted octanol–water partition coefficient (Wildman–Crippen LogP) is 4.61. The van der Waals surface area contributed by atoms with Crippen LogP contribution in [-0.4, -0.2) is 10.8 Å². The second-order valence-electron chi connectivity index (χ2n) is 7.59. The molecule has 3 N–H and O–H groups in total. The number of nitrogens with one attached hydrogen (secondary N) is 1. The maximum absolute atomic E-state index is 14.7. The minimum Gasteiger partial charge on any atom is -0.384 e. The summed E-state index contributed by atoms with van der Waals surface area (Å²) in [5, 5.41) is 11.0. The summed E-state index contributed by atoms with van der Waals surface area (Å²) >= 11 is 0. The summed E-state index contributed by atoms with van der Waals surface area (Å²) in [7, 11) is 0. The highest BCUT2D eigenvalue weighted by molar-refractivity contribution is 6.01. The molecule has 1 aliphatic heterocycles. The van der Waals surface area contributed by atoms with Gasteiger partial charge in [-0.25, -0.2) is 4.39 Å². The first kappa shape index (κ1) is 18.2. The number of hydrogen-bond donors (Lipinski definition) is 2. The van der Waals surface area contributed by atoms with Gasteiger partial charge in [-0.3, -0.25) is 9.69 Å². The van der Waals surface area contributed by atoms with Gasteiger partial charge in [0.25, 0.3) is 0 Å². The van der Waals surface area contributed by atoms with Crippen LogP contribution in [0.1, 0.15) is 30.7 Å². The SMILES string of the molecule is N#CC1=C(N)N(c2ccccc2F)C2=C(C(=O)CCC2)[C@H]1c1ccc2[nH]ccc2c1. The molecule has 5 nitrogen and oxygen atoms in total. The van der Waals surface area contributed by atoms with E-state index in [1.165, 1.54) is 6.07 Å². The molecule has 0 saturated carbocycles. The summed E-state index contributed by atoms with van der Waals surface area (Å²) < 4.78 is 14.7. The number of anilines is 1. The van der Waals surface area contributed by atoms with Gasteiger partial charge in [-0.2, -0.15) is 5.26 Å². The Bertz CT molecular complexity index is 1290. The average molecular weight is 398 g/mol. The lowest BCUT2D eigenvalue weighted by Gasteiger charge is -2.39. The fourth-order valence-electron chi connectivity index (χ4n) is 4.58. The number of carbonyl (C=O) groups excluding carboxylic acids is 1. The number of Topliss-reactive ketones (excluding diaryl/α,β-unsaturated/α-hetero) is 1. The fourth-order valence-corrected chi connectivity index (χ4v) is 4.58. The van der Waals surface area contributed by atoms with Crippen LogP contribution < -0.4 is 10.6 Å². The van der Waals surface area contributed by atoms with Crippen molar-refractivity contribution in [1.29, 1.82) is 5.26 Å². The molecule has 0 unspecified atom stereocenters. The monoisotopic (exact) mass is 398 g/mol. The molecule has 0 saturated heterocycles. The van der Waals surface area contributed by atoms with Gasteiger partial charge < -0.3 is 10.7 Å². The second-order valence-corrected chi connectivity index (χ2v) is 7.59. The van der Waals surface area contributed by atoms with E-state index < -0.39 is 11.7 Å². The lowest BCUT2D eigenvalue weighted by molar-refractivity contribution is -0.116. The Morgan fingerprint density at radius 1 is 1.17 bits per heavy atom. The quantitative estimate of drug-likeness (QED) is 0.660. The number of ketones is 1. The third-order valence-electron chi connectivity index (χ3n) is 5.92. The number of H-pyrrole nitrogens is 1. The number of nitrogens with zero attached hydrogens (tertiary/aromatic N) is 2. The first-order chi connectivity index (χ1) is 14.6. The molecule has 0 amide bonds. The molecule has 2 heterocycles. The van der Waals surface area contributed by atoms with Crippen LogP contribution in [0.2, 0.25) is 0 Å². The number of nitrogens with two attached hydrogens (primary N) is 1. The average Bonchev–Trinajstić information content (AvgIpc) is 3.22. The predicted molar refractivity (Wildman–Crippen MR) is 113 cm³/mol. The first-order valence-electron chi connectivity index (χ1n) is 9.88. The molecule has 0 radical (unpaired) electrons. The van der Waals surface area contributed by atoms with E-state index in [9.17, 15) is 14.4 Å². The molecule has 30 heavy (non-hydrogen) atoms. The van der Waals surface area contributed by atoms with Crippen molar-refractivity contribution in [3.8, 4) is 6.07 Å². The van der Waals surface area contributed by atoms with E-state index >= 15 is 0 Å². The van der Waals surface area contributed by atoms with Crippen molar-refractivity contribution in [2.75, 3.05) is 4.90 Å². The summed E-state index contributed by atoms with van der Waals surface area (Å²) in [6.45, 7) is 0.